The van der Waals surface area contributed by atoms with Crippen molar-refractivity contribution < 1.29 is 9.13 Å². The van der Waals surface area contributed by atoms with Crippen molar-refractivity contribution in [2.75, 3.05) is 6.61 Å². The Labute approximate surface area is 107 Å². The normalized spacial score (nSPS) is 10.5. The van der Waals surface area contributed by atoms with Gasteiger partial charge in [0, 0.05) is 25.7 Å². The largest absolute Gasteiger partial charge is 0.492 e. The van der Waals surface area contributed by atoms with Gasteiger partial charge in [0.1, 0.15) is 11.6 Å². The zero-order chi connectivity index (χ0) is 12.3. The van der Waals surface area contributed by atoms with Crippen LogP contribution in [0.25, 0.3) is 0 Å². The molecule has 1 aromatic carbocycles. The second-order valence-corrected chi connectivity index (χ2v) is 4.55. The number of nitrogens with zero attached hydrogens (tertiary/aromatic N) is 2. The first kappa shape index (κ1) is 12.1. The van der Waals surface area contributed by atoms with E-state index >= 15 is 0 Å². The molecule has 0 amide bonds. The summed E-state index contributed by atoms with van der Waals surface area (Å²) in [4.78, 5) is 0. The topological polar surface area (TPSA) is 27.1 Å². The minimum atomic E-state index is -0.301. The van der Waals surface area contributed by atoms with Gasteiger partial charge in [-0.15, -0.1) is 0 Å². The minimum Gasteiger partial charge on any atom is -0.492 e. The molecule has 0 aliphatic carbocycles. The van der Waals surface area contributed by atoms with Crippen LogP contribution in [0.5, 0.6) is 5.75 Å². The van der Waals surface area contributed by atoms with Gasteiger partial charge in [-0.1, -0.05) is 0 Å². The molecule has 1 heterocycles. The van der Waals surface area contributed by atoms with Gasteiger partial charge < -0.3 is 4.74 Å². The smallest absolute Gasteiger partial charge is 0.136 e. The maximum Gasteiger partial charge on any atom is 0.136 e. The first-order chi connectivity index (χ1) is 8.15. The molecule has 90 valence electrons. The number of aryl methyl sites for hydroxylation is 1. The van der Waals surface area contributed by atoms with Gasteiger partial charge in [-0.05, 0) is 33.6 Å². The lowest BCUT2D eigenvalue weighted by Crippen LogP contribution is -2.01. The molecule has 0 fully saturated rings. The second-order valence-electron chi connectivity index (χ2n) is 3.70. The lowest BCUT2D eigenvalue weighted by molar-refractivity contribution is 0.318. The molecule has 0 saturated heterocycles. The summed E-state index contributed by atoms with van der Waals surface area (Å²) >= 11 is 3.31. The number of aromatic nitrogens is 2. The standard InChI is InChI=1S/C12H12BrFN2O/c1-16-8-9(7-15-16)4-5-17-12-6-10(14)2-3-11(12)13/h2-3,6-8H,4-5H2,1H3. The summed E-state index contributed by atoms with van der Waals surface area (Å²) in [7, 11) is 1.87. The van der Waals surface area contributed by atoms with Crippen LogP contribution in [0, 0.1) is 5.82 Å². The fraction of sp³-hybridized carbons (Fsp3) is 0.250. The first-order valence-electron chi connectivity index (χ1n) is 5.20. The molecule has 2 aromatic rings. The fourth-order valence-electron chi connectivity index (χ4n) is 1.47. The lowest BCUT2D eigenvalue weighted by atomic mass is 10.3. The fourth-order valence-corrected chi connectivity index (χ4v) is 1.83. The van der Waals surface area contributed by atoms with Crippen LogP contribution in [0.1, 0.15) is 5.56 Å². The predicted molar refractivity (Wildman–Crippen MR) is 66.5 cm³/mol. The maximum absolute atomic E-state index is 13.0. The summed E-state index contributed by atoms with van der Waals surface area (Å²) < 4.78 is 21.0. The average molecular weight is 299 g/mol. The highest BCUT2D eigenvalue weighted by Gasteiger charge is 2.03. The van der Waals surface area contributed by atoms with Gasteiger partial charge in [0.2, 0.25) is 0 Å². The molecule has 0 radical (unpaired) electrons. The molecule has 0 aliphatic rings. The highest BCUT2D eigenvalue weighted by molar-refractivity contribution is 9.10. The number of hydrogen-bond acceptors (Lipinski definition) is 2. The third-order valence-electron chi connectivity index (χ3n) is 2.30. The molecule has 0 N–H and O–H groups in total. The van der Waals surface area contributed by atoms with Crippen LogP contribution in [0.4, 0.5) is 4.39 Å². The van der Waals surface area contributed by atoms with E-state index in [1.807, 2.05) is 13.2 Å². The molecule has 3 nitrogen and oxygen atoms in total. The van der Waals surface area contributed by atoms with Crippen LogP contribution in [-0.2, 0) is 13.5 Å². The Morgan fingerprint density at radius 2 is 2.29 bits per heavy atom. The maximum atomic E-state index is 13.0. The van der Waals surface area contributed by atoms with E-state index < -0.39 is 0 Å². The minimum absolute atomic E-state index is 0.301. The average Bonchev–Trinajstić information content (AvgIpc) is 2.69. The summed E-state index contributed by atoms with van der Waals surface area (Å²) in [6.45, 7) is 0.494. The third kappa shape index (κ3) is 3.30. The van der Waals surface area contributed by atoms with Crippen molar-refractivity contribution in [3.8, 4) is 5.75 Å². The van der Waals surface area contributed by atoms with Crippen molar-refractivity contribution in [3.63, 3.8) is 0 Å². The summed E-state index contributed by atoms with van der Waals surface area (Å²) in [6, 6.07) is 4.39. The molecule has 0 saturated carbocycles. The number of hydrogen-bond donors (Lipinski definition) is 0. The van der Waals surface area contributed by atoms with Crippen molar-refractivity contribution in [2.24, 2.45) is 7.05 Å². The van der Waals surface area contributed by atoms with Gasteiger partial charge in [0.15, 0.2) is 0 Å². The molecule has 5 heteroatoms. The highest BCUT2D eigenvalue weighted by atomic mass is 79.9. The SMILES string of the molecule is Cn1cc(CCOc2cc(F)ccc2Br)cn1. The molecule has 1 aromatic heterocycles. The molecule has 0 atom stereocenters. The molecule has 17 heavy (non-hydrogen) atoms. The van der Waals surface area contributed by atoms with Gasteiger partial charge >= 0.3 is 0 Å². The van der Waals surface area contributed by atoms with E-state index in [9.17, 15) is 4.39 Å². The number of benzene rings is 1. The van der Waals surface area contributed by atoms with Crippen molar-refractivity contribution in [3.05, 3.63) is 46.4 Å². The lowest BCUT2D eigenvalue weighted by Gasteiger charge is -2.07. The van der Waals surface area contributed by atoms with Crippen LogP contribution in [0.2, 0.25) is 0 Å². The number of rotatable bonds is 4. The van der Waals surface area contributed by atoms with Gasteiger partial charge in [-0.2, -0.15) is 5.10 Å². The van der Waals surface area contributed by atoms with Crippen LogP contribution < -0.4 is 4.74 Å². The Morgan fingerprint density at radius 1 is 1.47 bits per heavy atom. The molecule has 0 spiro atoms. The van der Waals surface area contributed by atoms with E-state index in [0.717, 1.165) is 16.5 Å². The van der Waals surface area contributed by atoms with Crippen LogP contribution in [0.15, 0.2) is 35.1 Å². The Hall–Kier alpha value is -1.36. The van der Waals surface area contributed by atoms with Crippen molar-refractivity contribution in [1.82, 2.24) is 9.78 Å². The van der Waals surface area contributed by atoms with Gasteiger partial charge in [-0.3, -0.25) is 4.68 Å². The summed E-state index contributed by atoms with van der Waals surface area (Å²) in [6.07, 6.45) is 4.48. The van der Waals surface area contributed by atoms with E-state index in [-0.39, 0.29) is 5.82 Å². The number of ether oxygens (including phenoxy) is 1. The van der Waals surface area contributed by atoms with E-state index in [2.05, 4.69) is 21.0 Å². The Kier molecular flexibility index (Phi) is 3.78. The van der Waals surface area contributed by atoms with E-state index in [1.54, 1.807) is 16.9 Å². The molecule has 0 bridgehead atoms. The summed E-state index contributed by atoms with van der Waals surface area (Å²) in [5.41, 5.74) is 1.10. The highest BCUT2D eigenvalue weighted by Crippen LogP contribution is 2.25. The van der Waals surface area contributed by atoms with Crippen molar-refractivity contribution in [1.29, 1.82) is 0 Å². The van der Waals surface area contributed by atoms with Gasteiger partial charge in [0.25, 0.3) is 0 Å². The van der Waals surface area contributed by atoms with E-state index in [0.29, 0.717) is 12.4 Å². The zero-order valence-corrected chi connectivity index (χ0v) is 10.9. The molecule has 0 unspecified atom stereocenters. The molecule has 2 rings (SSSR count). The quantitative estimate of drug-likeness (QED) is 0.868. The Morgan fingerprint density at radius 3 is 3.00 bits per heavy atom. The second kappa shape index (κ2) is 5.31. The molecule has 0 aliphatic heterocycles. The summed E-state index contributed by atoms with van der Waals surface area (Å²) in [5.74, 6) is 0.221. The van der Waals surface area contributed by atoms with E-state index in [1.165, 1.54) is 12.1 Å². The van der Waals surface area contributed by atoms with Gasteiger partial charge in [0.05, 0.1) is 17.3 Å². The first-order valence-corrected chi connectivity index (χ1v) is 6.00. The Bertz CT molecular complexity index is 513. The zero-order valence-electron chi connectivity index (χ0n) is 9.36. The van der Waals surface area contributed by atoms with Crippen LogP contribution in [0.3, 0.4) is 0 Å². The van der Waals surface area contributed by atoms with Crippen molar-refractivity contribution in [2.45, 2.75) is 6.42 Å². The van der Waals surface area contributed by atoms with Crippen LogP contribution in [-0.4, -0.2) is 16.4 Å². The van der Waals surface area contributed by atoms with E-state index in [4.69, 9.17) is 4.74 Å². The van der Waals surface area contributed by atoms with Crippen molar-refractivity contribution >= 4 is 15.9 Å². The molecular weight excluding hydrogens is 287 g/mol. The Balaban J connectivity index is 1.91. The van der Waals surface area contributed by atoms with Crippen LogP contribution >= 0.6 is 15.9 Å². The predicted octanol–water partition coefficient (Wildman–Crippen LogP) is 2.94. The third-order valence-corrected chi connectivity index (χ3v) is 2.96. The summed E-state index contributed by atoms with van der Waals surface area (Å²) in [5, 5.41) is 4.07. The monoisotopic (exact) mass is 298 g/mol. The van der Waals surface area contributed by atoms with Gasteiger partial charge in [-0.25, -0.2) is 4.39 Å². The number of halogens is 2. The molecular formula is C12H12BrFN2O.